The standard InChI is InChI=1S/C20H36O6S7/c21-5-11-30-18(23)2-8-27-7-1-16-33(26)17-15-29-13-14-32-20(25)4-10-28-9-3-19(24)31-12-6-22/h21-22H,1-17H2. The Bertz CT molecular complexity index is 551. The molecule has 1 unspecified atom stereocenters. The summed E-state index contributed by atoms with van der Waals surface area (Å²) in [5.74, 6) is 7.88. The van der Waals surface area contributed by atoms with E-state index in [1.54, 1.807) is 35.3 Å². The van der Waals surface area contributed by atoms with Gasteiger partial charge in [0.25, 0.3) is 0 Å². The quantitative estimate of drug-likeness (QED) is 0.169. The second-order valence-corrected chi connectivity index (χ2v) is 15.2. The molecule has 0 heterocycles. The molecule has 1 atom stereocenters. The van der Waals surface area contributed by atoms with Gasteiger partial charge in [-0.1, -0.05) is 35.3 Å². The Kier molecular flexibility index (Phi) is 27.2. The lowest BCUT2D eigenvalue weighted by atomic mass is 10.5. The third kappa shape index (κ3) is 26.1. The summed E-state index contributed by atoms with van der Waals surface area (Å²) in [5, 5.41) is 17.7. The largest absolute Gasteiger partial charge is 0.396 e. The summed E-state index contributed by atoms with van der Waals surface area (Å²) in [5.41, 5.74) is 0. The van der Waals surface area contributed by atoms with Crippen molar-refractivity contribution in [1.82, 2.24) is 0 Å². The number of rotatable bonds is 23. The highest BCUT2D eigenvalue weighted by atomic mass is 32.2. The third-order valence-electron chi connectivity index (χ3n) is 3.67. The number of carbonyl (C=O) groups excluding carboxylic acids is 3. The minimum Gasteiger partial charge on any atom is -0.396 e. The highest BCUT2D eigenvalue weighted by Crippen LogP contribution is 2.15. The first-order chi connectivity index (χ1) is 16.0. The van der Waals surface area contributed by atoms with E-state index in [-0.39, 0.29) is 28.6 Å². The molecule has 0 aliphatic carbocycles. The highest BCUT2D eigenvalue weighted by Gasteiger charge is 2.06. The summed E-state index contributed by atoms with van der Waals surface area (Å²) < 4.78 is 12.0. The Morgan fingerprint density at radius 3 is 1.52 bits per heavy atom. The molecule has 0 bridgehead atoms. The van der Waals surface area contributed by atoms with Gasteiger partial charge in [0.15, 0.2) is 15.3 Å². The maximum atomic E-state index is 12.0. The van der Waals surface area contributed by atoms with Crippen molar-refractivity contribution in [2.24, 2.45) is 0 Å². The van der Waals surface area contributed by atoms with Crippen molar-refractivity contribution >= 4 is 96.7 Å². The van der Waals surface area contributed by atoms with Gasteiger partial charge in [-0.3, -0.25) is 18.6 Å². The van der Waals surface area contributed by atoms with Crippen LogP contribution in [0.15, 0.2) is 0 Å². The molecule has 0 amide bonds. The zero-order valence-corrected chi connectivity index (χ0v) is 24.6. The van der Waals surface area contributed by atoms with Crippen molar-refractivity contribution in [1.29, 1.82) is 0 Å². The first kappa shape index (κ1) is 34.2. The minimum atomic E-state index is -0.812. The number of hydrogen-bond acceptors (Lipinski definition) is 12. The molecule has 33 heavy (non-hydrogen) atoms. The van der Waals surface area contributed by atoms with Gasteiger partial charge in [-0.15, -0.1) is 0 Å². The second-order valence-electron chi connectivity index (χ2n) is 6.40. The van der Waals surface area contributed by atoms with Gasteiger partial charge in [0.05, 0.1) is 13.2 Å². The lowest BCUT2D eigenvalue weighted by Gasteiger charge is -2.04. The van der Waals surface area contributed by atoms with Crippen LogP contribution in [-0.2, 0) is 25.2 Å². The normalized spacial score (nSPS) is 12.1. The van der Waals surface area contributed by atoms with Crippen LogP contribution in [0.25, 0.3) is 0 Å². The van der Waals surface area contributed by atoms with E-state index in [0.717, 1.165) is 52.7 Å². The topological polar surface area (TPSA) is 109 Å². The summed E-state index contributed by atoms with van der Waals surface area (Å²) in [4.78, 5) is 34.7. The Hall–Kier alpha value is 1.18. The first-order valence-corrected chi connectivity index (χ1v) is 18.7. The molecule has 2 N–H and O–H groups in total. The molecule has 0 saturated carbocycles. The third-order valence-corrected chi connectivity index (χ3v) is 11.4. The molecule has 0 aliphatic heterocycles. The molecule has 0 aromatic rings. The van der Waals surface area contributed by atoms with Crippen LogP contribution in [0, 0.1) is 0 Å². The zero-order valence-electron chi connectivity index (χ0n) is 18.9. The number of hydrogen-bond donors (Lipinski definition) is 2. The van der Waals surface area contributed by atoms with E-state index in [1.807, 2.05) is 0 Å². The SMILES string of the molecule is O=C(CCSCCCS(=O)CCSCCSC(=O)CCSCCC(=O)SCCO)SCCO. The van der Waals surface area contributed by atoms with E-state index in [9.17, 15) is 18.6 Å². The molecule has 13 heteroatoms. The Morgan fingerprint density at radius 2 is 1.00 bits per heavy atom. The molecular weight excluding hydrogens is 561 g/mol. The minimum absolute atomic E-state index is 0.0170. The summed E-state index contributed by atoms with van der Waals surface area (Å²) >= 11 is 8.74. The van der Waals surface area contributed by atoms with Gasteiger partial charge in [0.2, 0.25) is 0 Å². The number of carbonyl (C=O) groups is 3. The summed E-state index contributed by atoms with van der Waals surface area (Å²) in [7, 11) is -0.812. The first-order valence-electron chi connectivity index (χ1n) is 10.8. The lowest BCUT2D eigenvalue weighted by Crippen LogP contribution is -2.07. The van der Waals surface area contributed by atoms with Crippen LogP contribution >= 0.6 is 70.6 Å². The monoisotopic (exact) mass is 596 g/mol. The van der Waals surface area contributed by atoms with Crippen LogP contribution in [0.1, 0.15) is 25.7 Å². The van der Waals surface area contributed by atoms with Gasteiger partial charge in [0.1, 0.15) is 0 Å². The number of aliphatic hydroxyl groups is 2. The maximum Gasteiger partial charge on any atom is 0.189 e. The smallest absolute Gasteiger partial charge is 0.189 e. The van der Waals surface area contributed by atoms with Crippen molar-refractivity contribution < 1.29 is 28.8 Å². The highest BCUT2D eigenvalue weighted by molar-refractivity contribution is 8.14. The van der Waals surface area contributed by atoms with E-state index >= 15 is 0 Å². The van der Waals surface area contributed by atoms with Crippen LogP contribution in [0.5, 0.6) is 0 Å². The van der Waals surface area contributed by atoms with Crippen LogP contribution in [-0.4, -0.2) is 106 Å². The fourth-order valence-corrected chi connectivity index (χ4v) is 8.91. The van der Waals surface area contributed by atoms with E-state index in [4.69, 9.17) is 10.2 Å². The summed E-state index contributed by atoms with van der Waals surface area (Å²) in [6.45, 7) is 0.0472. The van der Waals surface area contributed by atoms with Crippen LogP contribution < -0.4 is 0 Å². The molecule has 0 aromatic heterocycles. The van der Waals surface area contributed by atoms with Crippen LogP contribution in [0.2, 0.25) is 0 Å². The molecule has 194 valence electrons. The number of thioether (sulfide) groups is 6. The molecule has 0 aliphatic rings. The van der Waals surface area contributed by atoms with Crippen LogP contribution in [0.3, 0.4) is 0 Å². The zero-order chi connectivity index (χ0) is 24.6. The van der Waals surface area contributed by atoms with Crippen molar-refractivity contribution in [2.45, 2.75) is 25.7 Å². The molecule has 0 aromatic carbocycles. The maximum absolute atomic E-state index is 12.0. The molecule has 0 spiro atoms. The molecule has 6 nitrogen and oxygen atoms in total. The average molecular weight is 597 g/mol. The summed E-state index contributed by atoms with van der Waals surface area (Å²) in [6, 6.07) is 0. The fourth-order valence-electron chi connectivity index (χ4n) is 2.10. The summed E-state index contributed by atoms with van der Waals surface area (Å²) in [6.07, 6.45) is 2.38. The Balaban J connectivity index is 3.41. The second kappa shape index (κ2) is 26.2. The molecule has 0 saturated heterocycles. The van der Waals surface area contributed by atoms with Crippen LogP contribution in [0.4, 0.5) is 0 Å². The van der Waals surface area contributed by atoms with Gasteiger partial charge in [-0.25, -0.2) is 0 Å². The fraction of sp³-hybridized carbons (Fsp3) is 0.850. The van der Waals surface area contributed by atoms with Gasteiger partial charge < -0.3 is 10.2 Å². The van der Waals surface area contributed by atoms with Crippen molar-refractivity contribution in [3.63, 3.8) is 0 Å². The molecule has 0 rings (SSSR count). The average Bonchev–Trinajstić information content (AvgIpc) is 2.80. The van der Waals surface area contributed by atoms with Gasteiger partial charge in [-0.05, 0) is 12.2 Å². The number of aliphatic hydroxyl groups excluding tert-OH is 2. The lowest BCUT2D eigenvalue weighted by molar-refractivity contribution is -0.111. The van der Waals surface area contributed by atoms with Gasteiger partial charge in [0, 0.05) is 87.6 Å². The van der Waals surface area contributed by atoms with E-state index in [0.29, 0.717) is 48.0 Å². The van der Waals surface area contributed by atoms with E-state index in [1.165, 1.54) is 23.5 Å². The molecule has 0 radical (unpaired) electrons. The molecule has 0 fully saturated rings. The van der Waals surface area contributed by atoms with Crippen molar-refractivity contribution in [3.8, 4) is 0 Å². The molecular formula is C20H36O6S7. The predicted molar refractivity (Wildman–Crippen MR) is 155 cm³/mol. The predicted octanol–water partition coefficient (Wildman–Crippen LogP) is 3.26. The van der Waals surface area contributed by atoms with Crippen molar-refractivity contribution in [2.75, 3.05) is 76.5 Å². The van der Waals surface area contributed by atoms with Crippen molar-refractivity contribution in [3.05, 3.63) is 0 Å². The van der Waals surface area contributed by atoms with Gasteiger partial charge in [-0.2, -0.15) is 35.3 Å². The Labute approximate surface area is 226 Å². The Morgan fingerprint density at radius 1 is 0.545 bits per heavy atom. The van der Waals surface area contributed by atoms with E-state index in [2.05, 4.69) is 0 Å². The van der Waals surface area contributed by atoms with Gasteiger partial charge >= 0.3 is 0 Å². The van der Waals surface area contributed by atoms with E-state index < -0.39 is 10.8 Å².